The molecule has 0 atom stereocenters. The molecule has 29 heavy (non-hydrogen) atoms. The molecule has 1 aliphatic heterocycles. The molecule has 1 fully saturated rings. The number of carbonyl (C=O) groups excluding carboxylic acids is 2. The number of aromatic nitrogens is 1. The van der Waals surface area contributed by atoms with E-state index >= 15 is 0 Å². The summed E-state index contributed by atoms with van der Waals surface area (Å²) < 4.78 is 5.32. The van der Waals surface area contributed by atoms with Crippen molar-refractivity contribution in [2.24, 2.45) is 0 Å². The van der Waals surface area contributed by atoms with E-state index in [2.05, 4.69) is 28.5 Å². The summed E-state index contributed by atoms with van der Waals surface area (Å²) >= 11 is 0. The van der Waals surface area contributed by atoms with Gasteiger partial charge in [0, 0.05) is 30.0 Å². The normalized spacial score (nSPS) is 15.6. The Hall–Kier alpha value is -3.02. The van der Waals surface area contributed by atoms with Crippen LogP contribution in [0.2, 0.25) is 0 Å². The first-order valence-corrected chi connectivity index (χ1v) is 10.1. The maximum atomic E-state index is 13.0. The fourth-order valence-electron chi connectivity index (χ4n) is 3.87. The van der Waals surface area contributed by atoms with Gasteiger partial charge in [0.1, 0.15) is 11.3 Å². The average molecular weight is 393 g/mol. The Morgan fingerprint density at radius 1 is 1.07 bits per heavy atom. The largest absolute Gasteiger partial charge is 0.444 e. The van der Waals surface area contributed by atoms with Gasteiger partial charge in [-0.2, -0.15) is 0 Å². The molecular weight excluding hydrogens is 366 g/mol. The van der Waals surface area contributed by atoms with E-state index in [9.17, 15) is 9.59 Å². The maximum Gasteiger partial charge on any atom is 0.407 e. The van der Waals surface area contributed by atoms with E-state index in [1.54, 1.807) is 0 Å². The van der Waals surface area contributed by atoms with Gasteiger partial charge < -0.3 is 19.9 Å². The Morgan fingerprint density at radius 2 is 1.79 bits per heavy atom. The standard InChI is InChI=1S/C23H27N3O3/c1-23(2,3)29-22(28)24-16-10-12-26(13-11-16)21(27)20-14-18-17-7-5-4-6-15(17)8-9-19(18)25-20/h4-9,14,16,25H,10-13H2,1-3H3,(H,24,28). The lowest BCUT2D eigenvalue weighted by atomic mass is 10.0. The number of alkyl carbamates (subject to hydrolysis) is 1. The molecule has 2 heterocycles. The van der Waals surface area contributed by atoms with E-state index in [-0.39, 0.29) is 11.9 Å². The fourth-order valence-corrected chi connectivity index (χ4v) is 3.87. The van der Waals surface area contributed by atoms with E-state index in [1.165, 1.54) is 0 Å². The van der Waals surface area contributed by atoms with Crippen LogP contribution in [0.1, 0.15) is 44.1 Å². The van der Waals surface area contributed by atoms with Crippen LogP contribution >= 0.6 is 0 Å². The van der Waals surface area contributed by atoms with Gasteiger partial charge in [0.2, 0.25) is 0 Å². The van der Waals surface area contributed by atoms with Crippen LogP contribution < -0.4 is 5.32 Å². The highest BCUT2D eigenvalue weighted by molar-refractivity contribution is 6.09. The summed E-state index contributed by atoms with van der Waals surface area (Å²) in [6.45, 7) is 6.75. The van der Waals surface area contributed by atoms with Crippen molar-refractivity contribution in [1.82, 2.24) is 15.2 Å². The van der Waals surface area contributed by atoms with Crippen LogP contribution in [-0.4, -0.2) is 46.6 Å². The van der Waals surface area contributed by atoms with E-state index in [0.717, 1.165) is 21.7 Å². The highest BCUT2D eigenvalue weighted by atomic mass is 16.6. The monoisotopic (exact) mass is 393 g/mol. The van der Waals surface area contributed by atoms with E-state index in [1.807, 2.05) is 49.9 Å². The molecule has 0 unspecified atom stereocenters. The number of benzene rings is 2. The average Bonchev–Trinajstić information content (AvgIpc) is 3.11. The summed E-state index contributed by atoms with van der Waals surface area (Å²) in [5.74, 6) is 0.000925. The van der Waals surface area contributed by atoms with E-state index in [0.29, 0.717) is 31.6 Å². The minimum Gasteiger partial charge on any atom is -0.444 e. The van der Waals surface area contributed by atoms with Crippen molar-refractivity contribution in [2.45, 2.75) is 45.3 Å². The first kappa shape index (κ1) is 19.3. The van der Waals surface area contributed by atoms with Gasteiger partial charge in [-0.25, -0.2) is 4.79 Å². The Morgan fingerprint density at radius 3 is 2.52 bits per heavy atom. The molecule has 152 valence electrons. The van der Waals surface area contributed by atoms with E-state index < -0.39 is 11.7 Å². The Bertz CT molecular complexity index is 1060. The van der Waals surface area contributed by atoms with Crippen molar-refractivity contribution in [2.75, 3.05) is 13.1 Å². The van der Waals surface area contributed by atoms with Gasteiger partial charge in [-0.05, 0) is 56.5 Å². The number of hydrogen-bond donors (Lipinski definition) is 2. The molecule has 6 nitrogen and oxygen atoms in total. The number of carbonyl (C=O) groups is 2. The lowest BCUT2D eigenvalue weighted by Gasteiger charge is -2.32. The van der Waals surface area contributed by atoms with Gasteiger partial charge in [-0.1, -0.05) is 30.3 Å². The highest BCUT2D eigenvalue weighted by Gasteiger charge is 2.27. The molecule has 0 saturated carbocycles. The zero-order valence-electron chi connectivity index (χ0n) is 17.1. The molecule has 4 rings (SSSR count). The molecule has 3 aromatic rings. The summed E-state index contributed by atoms with van der Waals surface area (Å²) in [6, 6.07) is 14.2. The summed E-state index contributed by atoms with van der Waals surface area (Å²) in [5, 5.41) is 6.27. The van der Waals surface area contributed by atoms with Crippen molar-refractivity contribution in [1.29, 1.82) is 0 Å². The Balaban J connectivity index is 1.42. The predicted molar refractivity (Wildman–Crippen MR) is 114 cm³/mol. The predicted octanol–water partition coefficient (Wildman–Crippen LogP) is 4.45. The van der Waals surface area contributed by atoms with Gasteiger partial charge in [0.05, 0.1) is 0 Å². The molecule has 1 aromatic heterocycles. The second kappa shape index (κ2) is 7.43. The third-order valence-electron chi connectivity index (χ3n) is 5.26. The first-order valence-electron chi connectivity index (χ1n) is 10.1. The maximum absolute atomic E-state index is 13.0. The lowest BCUT2D eigenvalue weighted by molar-refractivity contribution is 0.0473. The van der Waals surface area contributed by atoms with Crippen LogP contribution in [0.3, 0.4) is 0 Å². The number of nitrogens with one attached hydrogen (secondary N) is 2. The Labute approximate surface area is 170 Å². The summed E-state index contributed by atoms with van der Waals surface area (Å²) in [4.78, 5) is 30.1. The number of nitrogens with zero attached hydrogens (tertiary/aromatic N) is 1. The number of likely N-dealkylation sites (tertiary alicyclic amines) is 1. The van der Waals surface area contributed by atoms with Crippen molar-refractivity contribution in [3.63, 3.8) is 0 Å². The SMILES string of the molecule is CC(C)(C)OC(=O)NC1CCN(C(=O)c2cc3c(ccc4ccccc43)[nH]2)CC1. The molecule has 0 bridgehead atoms. The summed E-state index contributed by atoms with van der Waals surface area (Å²) in [5.41, 5.74) is 1.06. The van der Waals surface area contributed by atoms with Crippen molar-refractivity contribution in [3.05, 3.63) is 48.2 Å². The van der Waals surface area contributed by atoms with Crippen LogP contribution in [0.4, 0.5) is 4.79 Å². The topological polar surface area (TPSA) is 74.4 Å². The minimum atomic E-state index is -0.513. The number of hydrogen-bond acceptors (Lipinski definition) is 3. The van der Waals surface area contributed by atoms with Crippen LogP contribution in [-0.2, 0) is 4.74 Å². The number of ether oxygens (including phenoxy) is 1. The second-order valence-corrected chi connectivity index (χ2v) is 8.64. The van der Waals surface area contributed by atoms with Crippen LogP contribution in [0.25, 0.3) is 21.7 Å². The van der Waals surface area contributed by atoms with Crippen LogP contribution in [0.5, 0.6) is 0 Å². The van der Waals surface area contributed by atoms with Gasteiger partial charge in [0.25, 0.3) is 5.91 Å². The molecular formula is C23H27N3O3. The number of piperidine rings is 1. The fraction of sp³-hybridized carbons (Fsp3) is 0.391. The molecule has 6 heteroatoms. The quantitative estimate of drug-likeness (QED) is 0.675. The Kier molecular flexibility index (Phi) is 4.94. The third kappa shape index (κ3) is 4.21. The van der Waals surface area contributed by atoms with Crippen LogP contribution in [0, 0.1) is 0 Å². The molecule has 0 radical (unpaired) electrons. The molecule has 2 aromatic carbocycles. The number of rotatable bonds is 2. The molecule has 1 saturated heterocycles. The van der Waals surface area contributed by atoms with Crippen molar-refractivity contribution in [3.8, 4) is 0 Å². The number of H-pyrrole nitrogens is 1. The highest BCUT2D eigenvalue weighted by Crippen LogP contribution is 2.26. The minimum absolute atomic E-state index is 0.000925. The second-order valence-electron chi connectivity index (χ2n) is 8.64. The summed E-state index contributed by atoms with van der Waals surface area (Å²) in [6.07, 6.45) is 1.03. The van der Waals surface area contributed by atoms with Gasteiger partial charge in [-0.3, -0.25) is 4.79 Å². The number of fused-ring (bicyclic) bond motifs is 3. The van der Waals surface area contributed by atoms with Crippen molar-refractivity contribution >= 4 is 33.7 Å². The third-order valence-corrected chi connectivity index (χ3v) is 5.26. The number of amides is 2. The van der Waals surface area contributed by atoms with E-state index in [4.69, 9.17) is 4.74 Å². The van der Waals surface area contributed by atoms with Gasteiger partial charge in [0.15, 0.2) is 0 Å². The zero-order chi connectivity index (χ0) is 20.6. The van der Waals surface area contributed by atoms with Gasteiger partial charge in [-0.15, -0.1) is 0 Å². The van der Waals surface area contributed by atoms with Gasteiger partial charge >= 0.3 is 6.09 Å². The number of aromatic amines is 1. The molecule has 2 amide bonds. The molecule has 0 spiro atoms. The molecule has 1 aliphatic rings. The smallest absolute Gasteiger partial charge is 0.407 e. The van der Waals surface area contributed by atoms with Crippen molar-refractivity contribution < 1.29 is 14.3 Å². The zero-order valence-corrected chi connectivity index (χ0v) is 17.1. The molecule has 0 aliphatic carbocycles. The molecule has 2 N–H and O–H groups in total. The summed E-state index contributed by atoms with van der Waals surface area (Å²) in [7, 11) is 0. The lowest BCUT2D eigenvalue weighted by Crippen LogP contribution is -2.47. The van der Waals surface area contributed by atoms with Crippen LogP contribution in [0.15, 0.2) is 42.5 Å². The first-order chi connectivity index (χ1) is 13.8.